The van der Waals surface area contributed by atoms with Crippen LogP contribution in [0.3, 0.4) is 0 Å². The molecule has 0 aliphatic heterocycles. The molecule has 20 heavy (non-hydrogen) atoms. The van der Waals surface area contributed by atoms with Gasteiger partial charge in [0.05, 0.1) is 0 Å². The number of benzene rings is 1. The zero-order valence-corrected chi connectivity index (χ0v) is 13.7. The fraction of sp³-hybridized carbons (Fsp3) is 0.647. The molecule has 114 valence electrons. The van der Waals surface area contributed by atoms with Gasteiger partial charge in [0.15, 0.2) is 0 Å². The van der Waals surface area contributed by atoms with Crippen molar-refractivity contribution in [2.75, 3.05) is 40.3 Å². The molecule has 1 aromatic rings. The van der Waals surface area contributed by atoms with Crippen LogP contribution in [0.4, 0.5) is 0 Å². The highest BCUT2D eigenvalue weighted by Crippen LogP contribution is 2.24. The van der Waals surface area contributed by atoms with Crippen molar-refractivity contribution in [2.24, 2.45) is 0 Å². The van der Waals surface area contributed by atoms with Crippen LogP contribution in [0.5, 0.6) is 5.75 Å². The molecule has 0 radical (unpaired) electrons. The number of nitrogens with zero attached hydrogens (tertiary/aromatic N) is 1. The lowest BCUT2D eigenvalue weighted by Gasteiger charge is -2.19. The number of nitrogens with one attached hydrogen (secondary N) is 1. The summed E-state index contributed by atoms with van der Waals surface area (Å²) in [5, 5.41) is 3.39. The summed E-state index contributed by atoms with van der Waals surface area (Å²) in [5.74, 6) is 0.952. The fourth-order valence-electron chi connectivity index (χ4n) is 1.94. The van der Waals surface area contributed by atoms with E-state index in [1.807, 2.05) is 0 Å². The van der Waals surface area contributed by atoms with Crippen molar-refractivity contribution in [1.82, 2.24) is 10.2 Å². The fourth-order valence-corrected chi connectivity index (χ4v) is 1.94. The van der Waals surface area contributed by atoms with Crippen LogP contribution in [0.15, 0.2) is 24.3 Å². The van der Waals surface area contributed by atoms with Gasteiger partial charge in [0, 0.05) is 6.54 Å². The van der Waals surface area contributed by atoms with Crippen LogP contribution in [0.1, 0.15) is 32.8 Å². The first-order chi connectivity index (χ1) is 9.39. The van der Waals surface area contributed by atoms with Crippen molar-refractivity contribution in [3.8, 4) is 5.75 Å². The third kappa shape index (κ3) is 6.92. The van der Waals surface area contributed by atoms with E-state index in [-0.39, 0.29) is 5.41 Å². The van der Waals surface area contributed by atoms with Crippen LogP contribution >= 0.6 is 0 Å². The highest BCUT2D eigenvalue weighted by Gasteiger charge is 2.12. The van der Waals surface area contributed by atoms with Crippen LogP contribution in [0.2, 0.25) is 0 Å². The average Bonchev–Trinajstić information content (AvgIpc) is 2.37. The molecule has 0 aliphatic carbocycles. The molecule has 0 amide bonds. The monoisotopic (exact) mass is 278 g/mol. The second-order valence-electron chi connectivity index (χ2n) is 6.53. The number of hydrogen-bond donors (Lipinski definition) is 1. The Morgan fingerprint density at radius 1 is 1.05 bits per heavy atom. The summed E-state index contributed by atoms with van der Waals surface area (Å²) < 4.78 is 5.73. The largest absolute Gasteiger partial charge is 0.492 e. The molecule has 1 N–H and O–H groups in total. The third-order valence-corrected chi connectivity index (χ3v) is 3.23. The molecule has 1 aromatic carbocycles. The van der Waals surface area contributed by atoms with Gasteiger partial charge in [-0.3, -0.25) is 0 Å². The van der Waals surface area contributed by atoms with Gasteiger partial charge in [-0.15, -0.1) is 0 Å². The molecule has 0 aromatic heterocycles. The average molecular weight is 278 g/mol. The predicted octanol–water partition coefficient (Wildman–Crippen LogP) is 2.90. The maximum atomic E-state index is 5.73. The van der Waals surface area contributed by atoms with E-state index in [4.69, 9.17) is 4.74 Å². The predicted molar refractivity (Wildman–Crippen MR) is 86.7 cm³/mol. The van der Waals surface area contributed by atoms with E-state index in [0.717, 1.165) is 32.0 Å². The Morgan fingerprint density at radius 2 is 1.70 bits per heavy atom. The van der Waals surface area contributed by atoms with Gasteiger partial charge in [-0.2, -0.15) is 0 Å². The van der Waals surface area contributed by atoms with Gasteiger partial charge in [0.1, 0.15) is 12.4 Å². The van der Waals surface area contributed by atoms with Gasteiger partial charge in [-0.1, -0.05) is 32.9 Å². The van der Waals surface area contributed by atoms with Crippen LogP contribution in [0, 0.1) is 0 Å². The SMILES string of the molecule is CN(C)CCCNCCOc1ccc(C(C)(C)C)cc1. The lowest BCUT2D eigenvalue weighted by Crippen LogP contribution is -2.25. The first-order valence-corrected chi connectivity index (χ1v) is 7.48. The summed E-state index contributed by atoms with van der Waals surface area (Å²) in [5.41, 5.74) is 1.54. The normalized spacial score (nSPS) is 11.9. The molecule has 0 saturated heterocycles. The Bertz CT molecular complexity index is 366. The Hall–Kier alpha value is -1.06. The standard InChI is InChI=1S/C17H30N2O/c1-17(2,3)15-7-9-16(10-8-15)20-14-12-18-11-6-13-19(4)5/h7-10,18H,6,11-14H2,1-5H3. The molecule has 1 rings (SSSR count). The van der Waals surface area contributed by atoms with E-state index >= 15 is 0 Å². The lowest BCUT2D eigenvalue weighted by molar-refractivity contribution is 0.311. The highest BCUT2D eigenvalue weighted by molar-refractivity contribution is 5.31. The second kappa shape index (κ2) is 8.28. The van der Waals surface area contributed by atoms with Crippen molar-refractivity contribution in [3.63, 3.8) is 0 Å². The van der Waals surface area contributed by atoms with Gasteiger partial charge in [0.25, 0.3) is 0 Å². The van der Waals surface area contributed by atoms with Gasteiger partial charge in [0.2, 0.25) is 0 Å². The quantitative estimate of drug-likeness (QED) is 0.740. The molecule has 3 nitrogen and oxygen atoms in total. The molecule has 3 heteroatoms. The molecule has 0 heterocycles. The summed E-state index contributed by atoms with van der Waals surface area (Å²) in [6.45, 7) is 10.5. The Labute approximate surface area is 124 Å². The van der Waals surface area contributed by atoms with Crippen molar-refractivity contribution in [3.05, 3.63) is 29.8 Å². The van der Waals surface area contributed by atoms with Crippen molar-refractivity contribution in [1.29, 1.82) is 0 Å². The third-order valence-electron chi connectivity index (χ3n) is 3.23. The maximum Gasteiger partial charge on any atom is 0.119 e. The van der Waals surface area contributed by atoms with Crippen LogP contribution in [-0.4, -0.2) is 45.2 Å². The highest BCUT2D eigenvalue weighted by atomic mass is 16.5. The van der Waals surface area contributed by atoms with Crippen molar-refractivity contribution < 1.29 is 4.74 Å². The van der Waals surface area contributed by atoms with Gasteiger partial charge in [-0.25, -0.2) is 0 Å². The van der Waals surface area contributed by atoms with Crippen molar-refractivity contribution in [2.45, 2.75) is 32.6 Å². The maximum absolute atomic E-state index is 5.73. The topological polar surface area (TPSA) is 24.5 Å². The molecule has 0 unspecified atom stereocenters. The molecule has 0 saturated carbocycles. The van der Waals surface area contributed by atoms with E-state index < -0.39 is 0 Å². The Kier molecular flexibility index (Phi) is 7.03. The molecule has 0 spiro atoms. The Balaban J connectivity index is 2.16. The van der Waals surface area contributed by atoms with Gasteiger partial charge < -0.3 is 15.0 Å². The van der Waals surface area contributed by atoms with E-state index in [0.29, 0.717) is 0 Å². The van der Waals surface area contributed by atoms with Crippen LogP contribution in [-0.2, 0) is 5.41 Å². The number of hydrogen-bond acceptors (Lipinski definition) is 3. The first-order valence-electron chi connectivity index (χ1n) is 7.48. The molecular formula is C17H30N2O. The minimum absolute atomic E-state index is 0.201. The van der Waals surface area contributed by atoms with Gasteiger partial charge >= 0.3 is 0 Å². The first kappa shape index (κ1) is 17.0. The molecule has 0 bridgehead atoms. The van der Waals surface area contributed by atoms with E-state index in [1.165, 1.54) is 12.0 Å². The summed E-state index contributed by atoms with van der Waals surface area (Å²) in [7, 11) is 4.20. The number of ether oxygens (including phenoxy) is 1. The zero-order chi connectivity index (χ0) is 15.0. The van der Waals surface area contributed by atoms with E-state index in [2.05, 4.69) is 69.3 Å². The smallest absolute Gasteiger partial charge is 0.119 e. The van der Waals surface area contributed by atoms with Crippen molar-refractivity contribution >= 4 is 0 Å². The minimum atomic E-state index is 0.201. The lowest BCUT2D eigenvalue weighted by atomic mass is 9.87. The summed E-state index contributed by atoms with van der Waals surface area (Å²) in [4.78, 5) is 2.20. The molecule has 0 aliphatic rings. The number of rotatable bonds is 8. The molecule has 0 fully saturated rings. The zero-order valence-electron chi connectivity index (χ0n) is 13.7. The minimum Gasteiger partial charge on any atom is -0.492 e. The summed E-state index contributed by atoms with van der Waals surface area (Å²) in [6.07, 6.45) is 1.17. The van der Waals surface area contributed by atoms with Crippen LogP contribution < -0.4 is 10.1 Å². The summed E-state index contributed by atoms with van der Waals surface area (Å²) >= 11 is 0. The summed E-state index contributed by atoms with van der Waals surface area (Å²) in [6, 6.07) is 8.43. The van der Waals surface area contributed by atoms with Gasteiger partial charge in [-0.05, 0) is 56.7 Å². The van der Waals surface area contributed by atoms with E-state index in [1.54, 1.807) is 0 Å². The molecular weight excluding hydrogens is 248 g/mol. The Morgan fingerprint density at radius 3 is 2.25 bits per heavy atom. The van der Waals surface area contributed by atoms with E-state index in [9.17, 15) is 0 Å². The second-order valence-corrected chi connectivity index (χ2v) is 6.53. The molecule has 0 atom stereocenters. The van der Waals surface area contributed by atoms with Crippen LogP contribution in [0.25, 0.3) is 0 Å².